The molecule has 1 unspecified atom stereocenters. The zero-order chi connectivity index (χ0) is 19.0. The molecule has 0 bridgehead atoms. The first kappa shape index (κ1) is 17.1. The summed E-state index contributed by atoms with van der Waals surface area (Å²) in [5.74, 6) is -0.395. The second-order valence-corrected chi connectivity index (χ2v) is 6.61. The topological polar surface area (TPSA) is 84.7 Å². The van der Waals surface area contributed by atoms with Crippen LogP contribution in [-0.4, -0.2) is 33.1 Å². The fraction of sp³-hybridized carbons (Fsp3) is 0.250. The van der Waals surface area contributed by atoms with Crippen molar-refractivity contribution >= 4 is 28.6 Å². The van der Waals surface area contributed by atoms with E-state index in [0.29, 0.717) is 18.0 Å². The van der Waals surface area contributed by atoms with Crippen molar-refractivity contribution in [3.8, 4) is 5.75 Å². The van der Waals surface area contributed by atoms with Crippen LogP contribution in [0.3, 0.4) is 0 Å². The van der Waals surface area contributed by atoms with Gasteiger partial charge >= 0.3 is 5.97 Å². The monoisotopic (exact) mass is 365 g/mol. The molecule has 1 amide bonds. The lowest BCUT2D eigenvalue weighted by Gasteiger charge is -2.17. The highest BCUT2D eigenvalue weighted by molar-refractivity contribution is 5.99. The summed E-state index contributed by atoms with van der Waals surface area (Å²) < 4.78 is 7.86. The van der Waals surface area contributed by atoms with Crippen molar-refractivity contribution in [3.05, 3.63) is 54.4 Å². The number of carbonyl (C=O) groups excluding carboxylic acids is 1. The number of hydrogen-bond acceptors (Lipinski definition) is 4. The molecule has 1 aliphatic rings. The number of anilines is 1. The predicted molar refractivity (Wildman–Crippen MR) is 99.6 cm³/mol. The zero-order valence-corrected chi connectivity index (χ0v) is 14.8. The number of rotatable bonds is 5. The van der Waals surface area contributed by atoms with E-state index in [1.807, 2.05) is 35.9 Å². The molecule has 3 aromatic rings. The average Bonchev–Trinajstić information content (AvgIpc) is 3.21. The largest absolute Gasteiger partial charge is 0.486 e. The van der Waals surface area contributed by atoms with E-state index in [1.165, 1.54) is 4.90 Å². The number of aryl methyl sites for hydroxylation is 1. The molecule has 1 atom stereocenters. The number of benzene rings is 2. The first-order valence-electron chi connectivity index (χ1n) is 8.69. The molecule has 4 rings (SSSR count). The van der Waals surface area contributed by atoms with Gasteiger partial charge in [-0.25, -0.2) is 4.98 Å². The number of carboxylic acids is 1. The first-order chi connectivity index (χ1) is 13.0. The fourth-order valence-corrected chi connectivity index (χ4v) is 3.34. The summed E-state index contributed by atoms with van der Waals surface area (Å²) in [6.07, 6.45) is 0.0281. The Bertz CT molecular complexity index is 1030. The van der Waals surface area contributed by atoms with Gasteiger partial charge in [-0.2, -0.15) is 0 Å². The van der Waals surface area contributed by atoms with Gasteiger partial charge in [0.1, 0.15) is 18.2 Å². The van der Waals surface area contributed by atoms with Crippen LogP contribution < -0.4 is 9.64 Å². The van der Waals surface area contributed by atoms with E-state index in [2.05, 4.69) is 4.98 Å². The number of carboxylic acid groups (broad SMARTS) is 1. The number of nitrogens with zero attached hydrogens (tertiary/aromatic N) is 3. The van der Waals surface area contributed by atoms with Crippen LogP contribution >= 0.6 is 0 Å². The highest BCUT2D eigenvalue weighted by Crippen LogP contribution is 2.28. The Balaban J connectivity index is 1.50. The quantitative estimate of drug-likeness (QED) is 0.751. The molecule has 0 saturated carbocycles. The van der Waals surface area contributed by atoms with E-state index in [4.69, 9.17) is 9.84 Å². The molecule has 7 heteroatoms. The van der Waals surface area contributed by atoms with Crippen LogP contribution in [0.1, 0.15) is 12.2 Å². The number of fused-ring (bicyclic) bond motifs is 1. The van der Waals surface area contributed by atoms with Crippen LogP contribution in [0.5, 0.6) is 5.75 Å². The Kier molecular flexibility index (Phi) is 4.27. The highest BCUT2D eigenvalue weighted by atomic mass is 16.5. The summed E-state index contributed by atoms with van der Waals surface area (Å²) in [7, 11) is 1.94. The molecule has 0 aliphatic carbocycles. The second kappa shape index (κ2) is 6.75. The number of hydrogen-bond donors (Lipinski definition) is 1. The normalized spacial score (nSPS) is 16.9. The van der Waals surface area contributed by atoms with Gasteiger partial charge in [-0.15, -0.1) is 0 Å². The molecule has 1 N–H and O–H groups in total. The predicted octanol–water partition coefficient (Wildman–Crippen LogP) is 2.59. The molecule has 0 radical (unpaired) electrons. The Hall–Kier alpha value is -3.35. The van der Waals surface area contributed by atoms with Gasteiger partial charge in [-0.3, -0.25) is 9.59 Å². The first-order valence-corrected chi connectivity index (χ1v) is 8.69. The van der Waals surface area contributed by atoms with Crippen LogP contribution in [-0.2, 0) is 23.2 Å². The van der Waals surface area contributed by atoms with E-state index in [-0.39, 0.29) is 18.9 Å². The van der Waals surface area contributed by atoms with Crippen molar-refractivity contribution in [2.24, 2.45) is 13.0 Å². The number of para-hydroxylation sites is 2. The summed E-state index contributed by atoms with van der Waals surface area (Å²) in [5, 5.41) is 9.13. The molecular weight excluding hydrogens is 346 g/mol. The van der Waals surface area contributed by atoms with Crippen molar-refractivity contribution in [1.29, 1.82) is 0 Å². The summed E-state index contributed by atoms with van der Waals surface area (Å²) in [6.45, 7) is 0.475. The van der Waals surface area contributed by atoms with Gasteiger partial charge in [-0.05, 0) is 24.3 Å². The van der Waals surface area contributed by atoms with E-state index >= 15 is 0 Å². The number of amides is 1. The summed E-state index contributed by atoms with van der Waals surface area (Å²) in [6, 6.07) is 15.0. The molecule has 2 heterocycles. The minimum absolute atomic E-state index is 0.0281. The van der Waals surface area contributed by atoms with Crippen LogP contribution in [0.4, 0.5) is 5.69 Å². The van der Waals surface area contributed by atoms with Crippen LogP contribution in [0.25, 0.3) is 11.0 Å². The van der Waals surface area contributed by atoms with Gasteiger partial charge in [0.15, 0.2) is 0 Å². The molecule has 27 heavy (non-hydrogen) atoms. The highest BCUT2D eigenvalue weighted by Gasteiger charge is 2.35. The molecular formula is C20H19N3O4. The molecule has 1 saturated heterocycles. The standard InChI is InChI=1S/C20H19N3O4/c1-22-17-8-3-2-7-16(17)21-18(22)12-27-15-6-4-5-14(10-15)23-11-13(20(25)26)9-19(23)24/h2-8,10,13H,9,11-12H2,1H3,(H,25,26). The third kappa shape index (κ3) is 3.23. The fourth-order valence-electron chi connectivity index (χ4n) is 3.34. The van der Waals surface area contributed by atoms with Gasteiger partial charge in [0, 0.05) is 31.8 Å². The Morgan fingerprint density at radius 1 is 1.26 bits per heavy atom. The molecule has 1 fully saturated rings. The molecule has 1 aliphatic heterocycles. The van der Waals surface area contributed by atoms with Crippen molar-refractivity contribution in [1.82, 2.24) is 9.55 Å². The number of imidazole rings is 1. The minimum atomic E-state index is -0.944. The van der Waals surface area contributed by atoms with Crippen molar-refractivity contribution in [2.45, 2.75) is 13.0 Å². The lowest BCUT2D eigenvalue weighted by Crippen LogP contribution is -2.25. The molecule has 2 aromatic carbocycles. The third-order valence-electron chi connectivity index (χ3n) is 4.85. The van der Waals surface area contributed by atoms with Crippen LogP contribution in [0, 0.1) is 5.92 Å². The van der Waals surface area contributed by atoms with Gasteiger partial charge in [-0.1, -0.05) is 18.2 Å². The molecule has 1 aromatic heterocycles. The Morgan fingerprint density at radius 2 is 2.07 bits per heavy atom. The van der Waals surface area contributed by atoms with E-state index in [9.17, 15) is 9.59 Å². The van der Waals surface area contributed by atoms with Crippen molar-refractivity contribution < 1.29 is 19.4 Å². The van der Waals surface area contributed by atoms with Crippen LogP contribution in [0.15, 0.2) is 48.5 Å². The maximum atomic E-state index is 12.1. The molecule has 7 nitrogen and oxygen atoms in total. The van der Waals surface area contributed by atoms with Gasteiger partial charge in [0.05, 0.1) is 17.0 Å². The lowest BCUT2D eigenvalue weighted by atomic mass is 10.1. The van der Waals surface area contributed by atoms with Crippen molar-refractivity contribution in [3.63, 3.8) is 0 Å². The van der Waals surface area contributed by atoms with Crippen molar-refractivity contribution in [2.75, 3.05) is 11.4 Å². The van der Waals surface area contributed by atoms with E-state index < -0.39 is 11.9 Å². The average molecular weight is 365 g/mol. The SMILES string of the molecule is Cn1c(COc2cccc(N3CC(C(=O)O)CC3=O)c2)nc2ccccc21. The molecule has 138 valence electrons. The van der Waals surface area contributed by atoms with Gasteiger partial charge in [0.2, 0.25) is 5.91 Å². The Morgan fingerprint density at radius 3 is 2.81 bits per heavy atom. The maximum Gasteiger partial charge on any atom is 0.308 e. The van der Waals surface area contributed by atoms with Gasteiger partial charge < -0.3 is 19.3 Å². The van der Waals surface area contributed by atoms with Crippen LogP contribution in [0.2, 0.25) is 0 Å². The third-order valence-corrected chi connectivity index (χ3v) is 4.85. The minimum Gasteiger partial charge on any atom is -0.486 e. The van der Waals surface area contributed by atoms with Gasteiger partial charge in [0.25, 0.3) is 0 Å². The number of aromatic nitrogens is 2. The molecule has 0 spiro atoms. The van der Waals surface area contributed by atoms with E-state index in [0.717, 1.165) is 16.9 Å². The number of ether oxygens (including phenoxy) is 1. The maximum absolute atomic E-state index is 12.1. The number of carbonyl (C=O) groups is 2. The number of aliphatic carboxylic acids is 1. The summed E-state index contributed by atoms with van der Waals surface area (Å²) in [5.41, 5.74) is 2.59. The van der Waals surface area contributed by atoms with E-state index in [1.54, 1.807) is 24.3 Å². The second-order valence-electron chi connectivity index (χ2n) is 6.61. The smallest absolute Gasteiger partial charge is 0.308 e. The lowest BCUT2D eigenvalue weighted by molar-refractivity contribution is -0.141. The Labute approximate surface area is 155 Å². The summed E-state index contributed by atoms with van der Waals surface area (Å²) in [4.78, 5) is 29.4. The summed E-state index contributed by atoms with van der Waals surface area (Å²) >= 11 is 0. The zero-order valence-electron chi connectivity index (χ0n) is 14.8.